The molecule has 0 fully saturated rings. The molecule has 1 unspecified atom stereocenters. The summed E-state index contributed by atoms with van der Waals surface area (Å²) in [6.07, 6.45) is 1.25. The molecule has 1 amide bonds. The van der Waals surface area contributed by atoms with Gasteiger partial charge in [-0.1, -0.05) is 36.8 Å². The number of nitrogens with zero attached hydrogens (tertiary/aromatic N) is 1. The fourth-order valence-corrected chi connectivity index (χ4v) is 1.50. The first-order chi connectivity index (χ1) is 7.67. The lowest BCUT2D eigenvalue weighted by molar-refractivity contribution is -0.121. The summed E-state index contributed by atoms with van der Waals surface area (Å²) in [4.78, 5) is 11.4. The number of carbonyl (C=O) groups excluding carboxylic acids is 1. The van der Waals surface area contributed by atoms with E-state index in [-0.39, 0.29) is 5.91 Å². The molecule has 1 N–H and O–H groups in total. The SMILES string of the molecule is CCCC(=O)NC(C#N)c1cccc(C)c1. The molecule has 0 aliphatic rings. The van der Waals surface area contributed by atoms with Crippen LogP contribution in [0.15, 0.2) is 24.3 Å². The third-order valence-electron chi connectivity index (χ3n) is 2.29. The first-order valence-electron chi connectivity index (χ1n) is 5.43. The maximum atomic E-state index is 11.4. The van der Waals surface area contributed by atoms with Gasteiger partial charge in [0.25, 0.3) is 0 Å². The Hall–Kier alpha value is -1.82. The van der Waals surface area contributed by atoms with Crippen molar-refractivity contribution in [3.63, 3.8) is 0 Å². The van der Waals surface area contributed by atoms with Gasteiger partial charge in [0.2, 0.25) is 5.91 Å². The van der Waals surface area contributed by atoms with Gasteiger partial charge in [0.05, 0.1) is 6.07 Å². The summed E-state index contributed by atoms with van der Waals surface area (Å²) < 4.78 is 0. The number of hydrogen-bond acceptors (Lipinski definition) is 2. The van der Waals surface area contributed by atoms with Crippen molar-refractivity contribution in [2.75, 3.05) is 0 Å². The number of aryl methyl sites for hydroxylation is 1. The molecule has 3 nitrogen and oxygen atoms in total. The Labute approximate surface area is 96.1 Å². The van der Waals surface area contributed by atoms with E-state index >= 15 is 0 Å². The predicted molar refractivity (Wildman–Crippen MR) is 62.6 cm³/mol. The van der Waals surface area contributed by atoms with E-state index in [1.165, 1.54) is 0 Å². The van der Waals surface area contributed by atoms with Crippen LogP contribution in [0.5, 0.6) is 0 Å². The largest absolute Gasteiger partial charge is 0.337 e. The number of carbonyl (C=O) groups is 1. The molecule has 1 aromatic rings. The molecule has 0 saturated heterocycles. The molecule has 3 heteroatoms. The Morgan fingerprint density at radius 2 is 2.31 bits per heavy atom. The third kappa shape index (κ3) is 3.39. The van der Waals surface area contributed by atoms with Crippen molar-refractivity contribution < 1.29 is 4.79 Å². The summed E-state index contributed by atoms with van der Waals surface area (Å²) in [7, 11) is 0. The van der Waals surface area contributed by atoms with E-state index in [4.69, 9.17) is 5.26 Å². The quantitative estimate of drug-likeness (QED) is 0.840. The average molecular weight is 216 g/mol. The first-order valence-corrected chi connectivity index (χ1v) is 5.43. The molecule has 0 radical (unpaired) electrons. The molecule has 84 valence electrons. The summed E-state index contributed by atoms with van der Waals surface area (Å²) in [5, 5.41) is 11.7. The van der Waals surface area contributed by atoms with E-state index in [0.29, 0.717) is 6.42 Å². The highest BCUT2D eigenvalue weighted by Crippen LogP contribution is 2.13. The van der Waals surface area contributed by atoms with Crippen molar-refractivity contribution in [2.45, 2.75) is 32.7 Å². The van der Waals surface area contributed by atoms with Crippen LogP contribution in [-0.2, 0) is 4.79 Å². The van der Waals surface area contributed by atoms with Gasteiger partial charge in [0.15, 0.2) is 0 Å². The standard InChI is InChI=1S/C13H16N2O/c1-3-5-13(16)15-12(9-14)11-7-4-6-10(2)8-11/h4,6-8,12H,3,5H2,1-2H3,(H,15,16). The third-order valence-corrected chi connectivity index (χ3v) is 2.29. The maximum absolute atomic E-state index is 11.4. The van der Waals surface area contributed by atoms with E-state index in [2.05, 4.69) is 11.4 Å². The van der Waals surface area contributed by atoms with Crippen molar-refractivity contribution in [2.24, 2.45) is 0 Å². The fourth-order valence-electron chi connectivity index (χ4n) is 1.50. The Bertz CT molecular complexity index is 407. The van der Waals surface area contributed by atoms with Gasteiger partial charge < -0.3 is 5.32 Å². The van der Waals surface area contributed by atoms with E-state index in [1.807, 2.05) is 38.1 Å². The van der Waals surface area contributed by atoms with Crippen LogP contribution in [0.1, 0.15) is 36.9 Å². The molecule has 1 aromatic carbocycles. The van der Waals surface area contributed by atoms with Crippen LogP contribution in [0, 0.1) is 18.3 Å². The van der Waals surface area contributed by atoms with Crippen LogP contribution in [0.3, 0.4) is 0 Å². The van der Waals surface area contributed by atoms with Crippen molar-refractivity contribution >= 4 is 5.91 Å². The van der Waals surface area contributed by atoms with Crippen LogP contribution < -0.4 is 5.32 Å². The summed E-state index contributed by atoms with van der Waals surface area (Å²) in [5.74, 6) is -0.0736. The maximum Gasteiger partial charge on any atom is 0.221 e. The van der Waals surface area contributed by atoms with Gasteiger partial charge in [0.1, 0.15) is 6.04 Å². The highest BCUT2D eigenvalue weighted by Gasteiger charge is 2.12. The molecule has 0 saturated carbocycles. The molecule has 16 heavy (non-hydrogen) atoms. The summed E-state index contributed by atoms with van der Waals surface area (Å²) >= 11 is 0. The highest BCUT2D eigenvalue weighted by molar-refractivity contribution is 5.76. The number of hydrogen-bond donors (Lipinski definition) is 1. The number of nitrogens with one attached hydrogen (secondary N) is 1. The van der Waals surface area contributed by atoms with Crippen LogP contribution in [0.25, 0.3) is 0 Å². The molecule has 0 aliphatic carbocycles. The molecular formula is C13H16N2O. The van der Waals surface area contributed by atoms with Gasteiger partial charge in [-0.3, -0.25) is 4.79 Å². The Kier molecular flexibility index (Phi) is 4.53. The topological polar surface area (TPSA) is 52.9 Å². The zero-order valence-corrected chi connectivity index (χ0v) is 9.66. The zero-order valence-electron chi connectivity index (χ0n) is 9.66. The average Bonchev–Trinajstić information content (AvgIpc) is 2.26. The monoisotopic (exact) mass is 216 g/mol. The van der Waals surface area contributed by atoms with Crippen molar-refractivity contribution in [1.29, 1.82) is 5.26 Å². The summed E-state index contributed by atoms with van der Waals surface area (Å²) in [5.41, 5.74) is 1.93. The van der Waals surface area contributed by atoms with Crippen molar-refractivity contribution in [3.8, 4) is 6.07 Å². The highest BCUT2D eigenvalue weighted by atomic mass is 16.1. The van der Waals surface area contributed by atoms with Crippen LogP contribution >= 0.6 is 0 Å². The van der Waals surface area contributed by atoms with Crippen molar-refractivity contribution in [1.82, 2.24) is 5.32 Å². The second-order valence-electron chi connectivity index (χ2n) is 3.79. The van der Waals surface area contributed by atoms with Gasteiger partial charge in [0, 0.05) is 6.42 Å². The van der Waals surface area contributed by atoms with Gasteiger partial charge in [-0.05, 0) is 18.9 Å². The second-order valence-corrected chi connectivity index (χ2v) is 3.79. The van der Waals surface area contributed by atoms with Gasteiger partial charge in [-0.15, -0.1) is 0 Å². The molecule has 1 atom stereocenters. The zero-order chi connectivity index (χ0) is 12.0. The molecule has 0 aromatic heterocycles. The number of nitriles is 1. The Morgan fingerprint density at radius 3 is 2.88 bits per heavy atom. The van der Waals surface area contributed by atoms with Gasteiger partial charge in [-0.2, -0.15) is 5.26 Å². The minimum Gasteiger partial charge on any atom is -0.337 e. The molecule has 0 bridgehead atoms. The van der Waals surface area contributed by atoms with E-state index in [9.17, 15) is 4.79 Å². The molecule has 1 rings (SSSR count). The predicted octanol–water partition coefficient (Wildman–Crippen LogP) is 2.48. The van der Waals surface area contributed by atoms with Crippen LogP contribution in [0.2, 0.25) is 0 Å². The Morgan fingerprint density at radius 1 is 1.56 bits per heavy atom. The summed E-state index contributed by atoms with van der Waals surface area (Å²) in [6, 6.07) is 9.19. The minimum atomic E-state index is -0.543. The minimum absolute atomic E-state index is 0.0736. The summed E-state index contributed by atoms with van der Waals surface area (Å²) in [6.45, 7) is 3.90. The van der Waals surface area contributed by atoms with Crippen molar-refractivity contribution in [3.05, 3.63) is 35.4 Å². The first kappa shape index (κ1) is 12.3. The fraction of sp³-hybridized carbons (Fsp3) is 0.385. The normalized spacial score (nSPS) is 11.6. The van der Waals surface area contributed by atoms with E-state index in [1.54, 1.807) is 0 Å². The van der Waals surface area contributed by atoms with Gasteiger partial charge >= 0.3 is 0 Å². The molecular weight excluding hydrogens is 200 g/mol. The van der Waals surface area contributed by atoms with E-state index in [0.717, 1.165) is 17.5 Å². The molecule has 0 heterocycles. The van der Waals surface area contributed by atoms with E-state index < -0.39 is 6.04 Å². The Balaban J connectivity index is 2.76. The lowest BCUT2D eigenvalue weighted by atomic mass is 10.1. The van der Waals surface area contributed by atoms with Crippen LogP contribution in [0.4, 0.5) is 0 Å². The lowest BCUT2D eigenvalue weighted by Crippen LogP contribution is -2.27. The van der Waals surface area contributed by atoms with Crippen LogP contribution in [-0.4, -0.2) is 5.91 Å². The second kappa shape index (κ2) is 5.92. The van der Waals surface area contributed by atoms with Gasteiger partial charge in [-0.25, -0.2) is 0 Å². The number of rotatable bonds is 4. The smallest absolute Gasteiger partial charge is 0.221 e. The molecule has 0 aliphatic heterocycles. The number of amides is 1. The lowest BCUT2D eigenvalue weighted by Gasteiger charge is -2.12. The molecule has 0 spiro atoms. The number of benzene rings is 1.